The molecule has 0 unspecified atom stereocenters. The van der Waals surface area contributed by atoms with Crippen LogP contribution in [0.2, 0.25) is 0 Å². The van der Waals surface area contributed by atoms with E-state index in [4.69, 9.17) is 17.0 Å². The van der Waals surface area contributed by atoms with Crippen LogP contribution in [0.4, 0.5) is 15.8 Å². The molecule has 1 heterocycles. The molecule has 0 radical (unpaired) electrons. The number of hydrogen-bond donors (Lipinski definition) is 1. The van der Waals surface area contributed by atoms with Crippen molar-refractivity contribution in [2.24, 2.45) is 0 Å². The minimum Gasteiger partial charge on any atom is -0.462 e. The van der Waals surface area contributed by atoms with Crippen LogP contribution in [0.15, 0.2) is 78.9 Å². The molecule has 1 aliphatic heterocycles. The minimum absolute atomic E-state index is 0.120. The van der Waals surface area contributed by atoms with Gasteiger partial charge in [-0.25, -0.2) is 9.18 Å². The van der Waals surface area contributed by atoms with Crippen LogP contribution in [0.1, 0.15) is 29.3 Å². The first-order valence-electron chi connectivity index (χ1n) is 11.9. The molecule has 0 bridgehead atoms. The average Bonchev–Trinajstić information content (AvgIpc) is 3.13. The second kappa shape index (κ2) is 11.7. The van der Waals surface area contributed by atoms with Crippen molar-refractivity contribution in [1.82, 2.24) is 4.90 Å². The molecule has 9 heteroatoms. The van der Waals surface area contributed by atoms with E-state index in [0.29, 0.717) is 35.0 Å². The zero-order chi connectivity index (χ0) is 26.4. The lowest BCUT2D eigenvalue weighted by Gasteiger charge is -2.24. The molecule has 3 aromatic rings. The van der Waals surface area contributed by atoms with Crippen LogP contribution in [-0.2, 0) is 20.7 Å². The van der Waals surface area contributed by atoms with Crippen molar-refractivity contribution in [3.05, 3.63) is 95.8 Å². The number of hydrogen-bond acceptors (Lipinski definition) is 5. The number of amides is 2. The first-order valence-corrected chi connectivity index (χ1v) is 12.3. The van der Waals surface area contributed by atoms with Gasteiger partial charge in [-0.2, -0.15) is 0 Å². The second-order valence-electron chi connectivity index (χ2n) is 8.43. The van der Waals surface area contributed by atoms with E-state index in [-0.39, 0.29) is 30.7 Å². The van der Waals surface area contributed by atoms with Gasteiger partial charge in [0.05, 0.1) is 24.3 Å². The molecule has 1 N–H and O–H groups in total. The topological polar surface area (TPSA) is 78.9 Å². The van der Waals surface area contributed by atoms with Crippen LogP contribution in [0.25, 0.3) is 0 Å². The number of rotatable bonds is 9. The third-order valence-corrected chi connectivity index (χ3v) is 6.36. The third-order valence-electron chi connectivity index (χ3n) is 5.95. The fourth-order valence-corrected chi connectivity index (χ4v) is 4.51. The molecule has 0 aliphatic carbocycles. The molecule has 7 nitrogen and oxygen atoms in total. The summed E-state index contributed by atoms with van der Waals surface area (Å²) < 4.78 is 18.3. The number of nitrogens with zero attached hydrogens (tertiary/aromatic N) is 2. The van der Waals surface area contributed by atoms with Crippen LogP contribution in [-0.4, -0.2) is 47.0 Å². The Kier molecular flexibility index (Phi) is 8.25. The van der Waals surface area contributed by atoms with Crippen molar-refractivity contribution in [2.75, 3.05) is 23.4 Å². The monoisotopic (exact) mass is 519 g/mol. The number of thiocarbonyl (C=S) groups is 1. The van der Waals surface area contributed by atoms with Gasteiger partial charge in [0, 0.05) is 12.2 Å². The average molecular weight is 520 g/mol. The zero-order valence-corrected chi connectivity index (χ0v) is 21.0. The Morgan fingerprint density at radius 3 is 2.32 bits per heavy atom. The summed E-state index contributed by atoms with van der Waals surface area (Å²) >= 11 is 5.67. The molecular formula is C28H26FN3O4S. The predicted molar refractivity (Wildman–Crippen MR) is 143 cm³/mol. The van der Waals surface area contributed by atoms with Crippen LogP contribution < -0.4 is 10.2 Å². The Balaban J connectivity index is 1.49. The SMILES string of the molecule is CCOC(=O)c1ccc(NC(=O)C[C@@H]2C(=O)N(c3ccccc3)C(=S)N2CCc2ccc(F)cc2)cc1. The Labute approximate surface area is 219 Å². The zero-order valence-electron chi connectivity index (χ0n) is 20.2. The summed E-state index contributed by atoms with van der Waals surface area (Å²) in [6.07, 6.45) is 0.398. The second-order valence-corrected chi connectivity index (χ2v) is 8.79. The molecule has 4 rings (SSSR count). The van der Waals surface area contributed by atoms with Gasteiger partial charge in [0.25, 0.3) is 5.91 Å². The third kappa shape index (κ3) is 6.18. The van der Waals surface area contributed by atoms with E-state index in [1.807, 2.05) is 18.2 Å². The Morgan fingerprint density at radius 1 is 1.00 bits per heavy atom. The van der Waals surface area contributed by atoms with Crippen LogP contribution >= 0.6 is 12.2 Å². The lowest BCUT2D eigenvalue weighted by molar-refractivity contribution is -0.124. The highest BCUT2D eigenvalue weighted by atomic mass is 32.1. The number of ether oxygens (including phenoxy) is 1. The first-order chi connectivity index (χ1) is 17.9. The van der Waals surface area contributed by atoms with Gasteiger partial charge < -0.3 is 15.0 Å². The van der Waals surface area contributed by atoms with Gasteiger partial charge >= 0.3 is 5.97 Å². The van der Waals surface area contributed by atoms with Gasteiger partial charge in [0.15, 0.2) is 5.11 Å². The van der Waals surface area contributed by atoms with Crippen LogP contribution in [0, 0.1) is 5.82 Å². The predicted octanol–water partition coefficient (Wildman–Crippen LogP) is 4.58. The van der Waals surface area contributed by atoms with Gasteiger partial charge in [-0.15, -0.1) is 0 Å². The van der Waals surface area contributed by atoms with E-state index in [1.165, 1.54) is 17.0 Å². The number of carbonyl (C=O) groups excluding carboxylic acids is 3. The maximum Gasteiger partial charge on any atom is 0.338 e. The molecule has 190 valence electrons. The highest BCUT2D eigenvalue weighted by molar-refractivity contribution is 7.80. The quantitative estimate of drug-likeness (QED) is 0.330. The smallest absolute Gasteiger partial charge is 0.338 e. The summed E-state index contributed by atoms with van der Waals surface area (Å²) in [6.45, 7) is 2.38. The van der Waals surface area contributed by atoms with E-state index in [0.717, 1.165) is 5.56 Å². The maximum absolute atomic E-state index is 13.5. The number of esters is 1. The molecule has 0 aromatic heterocycles. The molecule has 1 aliphatic rings. The molecule has 1 atom stereocenters. The highest BCUT2D eigenvalue weighted by Crippen LogP contribution is 2.27. The summed E-state index contributed by atoms with van der Waals surface area (Å²) in [4.78, 5) is 41.5. The van der Waals surface area contributed by atoms with Gasteiger partial charge in [0.1, 0.15) is 11.9 Å². The van der Waals surface area contributed by atoms with Gasteiger partial charge in [-0.3, -0.25) is 14.5 Å². The van der Waals surface area contributed by atoms with E-state index in [2.05, 4.69) is 5.32 Å². The molecule has 0 spiro atoms. The maximum atomic E-state index is 13.5. The Hall–Kier alpha value is -4.11. The fraction of sp³-hybridized carbons (Fsp3) is 0.214. The number of halogens is 1. The Bertz CT molecular complexity index is 1280. The van der Waals surface area contributed by atoms with Crippen molar-refractivity contribution in [3.63, 3.8) is 0 Å². The van der Waals surface area contributed by atoms with E-state index < -0.39 is 12.0 Å². The summed E-state index contributed by atoms with van der Waals surface area (Å²) in [5.41, 5.74) is 2.38. The summed E-state index contributed by atoms with van der Waals surface area (Å²) in [5.74, 6) is -1.42. The minimum atomic E-state index is -0.799. The number of para-hydroxylation sites is 1. The van der Waals surface area contributed by atoms with Crippen LogP contribution in [0.3, 0.4) is 0 Å². The van der Waals surface area contributed by atoms with E-state index >= 15 is 0 Å². The standard InChI is InChI=1S/C28H26FN3O4S/c1-2-36-27(35)20-10-14-22(15-11-20)30-25(33)18-24-26(34)32(23-6-4-3-5-7-23)28(37)31(24)17-16-19-8-12-21(29)13-9-19/h3-15,24H,2,16-18H2,1H3,(H,30,33)/t24-/m1/s1. The lowest BCUT2D eigenvalue weighted by atomic mass is 10.1. The molecule has 3 aromatic carbocycles. The van der Waals surface area contributed by atoms with Gasteiger partial charge in [0.2, 0.25) is 5.91 Å². The molecule has 1 saturated heterocycles. The molecule has 0 saturated carbocycles. The molecular weight excluding hydrogens is 493 g/mol. The summed E-state index contributed by atoms with van der Waals surface area (Å²) in [6, 6.07) is 20.7. The lowest BCUT2D eigenvalue weighted by Crippen LogP contribution is -2.39. The van der Waals surface area contributed by atoms with E-state index in [1.54, 1.807) is 60.4 Å². The van der Waals surface area contributed by atoms with Crippen molar-refractivity contribution < 1.29 is 23.5 Å². The molecule has 2 amide bonds. The number of nitrogens with one attached hydrogen (secondary N) is 1. The van der Waals surface area contributed by atoms with Crippen molar-refractivity contribution in [1.29, 1.82) is 0 Å². The largest absolute Gasteiger partial charge is 0.462 e. The van der Waals surface area contributed by atoms with Gasteiger partial charge in [-0.1, -0.05) is 30.3 Å². The van der Waals surface area contributed by atoms with Crippen molar-refractivity contribution in [2.45, 2.75) is 25.8 Å². The van der Waals surface area contributed by atoms with Crippen molar-refractivity contribution in [3.8, 4) is 0 Å². The van der Waals surface area contributed by atoms with Gasteiger partial charge in [-0.05, 0) is 79.7 Å². The first kappa shape index (κ1) is 26.0. The summed E-state index contributed by atoms with van der Waals surface area (Å²) in [5, 5.41) is 3.10. The van der Waals surface area contributed by atoms with Crippen LogP contribution in [0.5, 0.6) is 0 Å². The summed E-state index contributed by atoms with van der Waals surface area (Å²) in [7, 11) is 0. The normalized spacial score (nSPS) is 15.1. The number of benzene rings is 3. The number of carbonyl (C=O) groups is 3. The molecule has 37 heavy (non-hydrogen) atoms. The van der Waals surface area contributed by atoms with Crippen molar-refractivity contribution >= 4 is 46.5 Å². The molecule has 1 fully saturated rings. The van der Waals surface area contributed by atoms with E-state index in [9.17, 15) is 18.8 Å². The Morgan fingerprint density at radius 2 is 1.68 bits per heavy atom. The number of anilines is 2. The fourth-order valence-electron chi connectivity index (χ4n) is 4.09. The highest BCUT2D eigenvalue weighted by Gasteiger charge is 2.43.